The summed E-state index contributed by atoms with van der Waals surface area (Å²) in [6.45, 7) is 7.95. The Bertz CT molecular complexity index is 254. The molecule has 2 rings (SSSR count). The second kappa shape index (κ2) is 7.58. The van der Waals surface area contributed by atoms with Crippen LogP contribution in [0, 0.1) is 0 Å². The molecule has 0 spiro atoms. The van der Waals surface area contributed by atoms with E-state index in [0.29, 0.717) is 12.1 Å². The molecule has 0 aromatic carbocycles. The van der Waals surface area contributed by atoms with Gasteiger partial charge in [0.25, 0.3) is 0 Å². The number of likely N-dealkylation sites (N-methyl/N-ethyl adjacent to an activating group) is 1. The maximum absolute atomic E-state index is 5.73. The Labute approximate surface area is 118 Å². The third kappa shape index (κ3) is 4.71. The van der Waals surface area contributed by atoms with Gasteiger partial charge in [-0.05, 0) is 53.2 Å². The number of hydrogen-bond donors (Lipinski definition) is 1. The van der Waals surface area contributed by atoms with Crippen LogP contribution in [0.25, 0.3) is 0 Å². The van der Waals surface area contributed by atoms with Gasteiger partial charge in [0.2, 0.25) is 0 Å². The molecular weight excluding hydrogens is 238 g/mol. The molecule has 2 heterocycles. The number of hydrogen-bond acceptors (Lipinski definition) is 4. The summed E-state index contributed by atoms with van der Waals surface area (Å²) in [7, 11) is 4.35. The van der Waals surface area contributed by atoms with Crippen molar-refractivity contribution in [2.24, 2.45) is 0 Å². The summed E-state index contributed by atoms with van der Waals surface area (Å²) in [5.74, 6) is 0. The number of nitrogens with one attached hydrogen (secondary N) is 1. The molecule has 19 heavy (non-hydrogen) atoms. The lowest BCUT2D eigenvalue weighted by atomic mass is 10.1. The van der Waals surface area contributed by atoms with Gasteiger partial charge in [0.1, 0.15) is 0 Å². The minimum atomic E-state index is 0.441. The molecule has 0 bridgehead atoms. The zero-order valence-corrected chi connectivity index (χ0v) is 12.9. The molecule has 2 aliphatic heterocycles. The van der Waals surface area contributed by atoms with Crippen molar-refractivity contribution in [1.82, 2.24) is 15.1 Å². The molecule has 4 nitrogen and oxygen atoms in total. The smallest absolute Gasteiger partial charge is 0.0726 e. The molecule has 0 radical (unpaired) electrons. The second-order valence-corrected chi connectivity index (χ2v) is 6.39. The Morgan fingerprint density at radius 3 is 2.84 bits per heavy atom. The highest BCUT2D eigenvalue weighted by molar-refractivity contribution is 4.82. The minimum absolute atomic E-state index is 0.441. The van der Waals surface area contributed by atoms with Gasteiger partial charge in [-0.1, -0.05) is 0 Å². The van der Waals surface area contributed by atoms with E-state index in [4.69, 9.17) is 4.74 Å². The first-order chi connectivity index (χ1) is 9.16. The molecule has 0 aliphatic carbocycles. The highest BCUT2D eigenvalue weighted by Gasteiger charge is 2.25. The predicted octanol–water partition coefficient (Wildman–Crippen LogP) is 1.17. The molecule has 2 fully saturated rings. The van der Waals surface area contributed by atoms with Crippen LogP contribution in [0.2, 0.25) is 0 Å². The SMILES string of the molecule is CC(NCCN1CCCC1CN(C)C)C1CCCO1. The van der Waals surface area contributed by atoms with Crippen molar-refractivity contribution in [2.75, 3.05) is 46.9 Å². The average molecular weight is 269 g/mol. The molecule has 0 saturated carbocycles. The Morgan fingerprint density at radius 2 is 2.16 bits per heavy atom. The standard InChI is InChI=1S/C15H31N3O/c1-13(15-7-5-11-19-15)16-8-10-18-9-4-6-14(18)12-17(2)3/h13-16H,4-12H2,1-3H3. The van der Waals surface area contributed by atoms with E-state index in [0.717, 1.165) is 19.2 Å². The van der Waals surface area contributed by atoms with Crippen molar-refractivity contribution in [2.45, 2.75) is 50.8 Å². The summed E-state index contributed by atoms with van der Waals surface area (Å²) in [5, 5.41) is 3.65. The van der Waals surface area contributed by atoms with Crippen LogP contribution in [0.5, 0.6) is 0 Å². The number of likely N-dealkylation sites (tertiary alicyclic amines) is 1. The van der Waals surface area contributed by atoms with Crippen molar-refractivity contribution in [3.63, 3.8) is 0 Å². The largest absolute Gasteiger partial charge is 0.377 e. The molecule has 112 valence electrons. The third-order valence-electron chi connectivity index (χ3n) is 4.46. The maximum Gasteiger partial charge on any atom is 0.0726 e. The van der Waals surface area contributed by atoms with E-state index in [9.17, 15) is 0 Å². The predicted molar refractivity (Wildman–Crippen MR) is 79.6 cm³/mol. The van der Waals surface area contributed by atoms with Crippen LogP contribution in [0.1, 0.15) is 32.6 Å². The first-order valence-electron chi connectivity index (χ1n) is 7.90. The molecule has 0 aromatic rings. The highest BCUT2D eigenvalue weighted by atomic mass is 16.5. The first kappa shape index (κ1) is 15.2. The lowest BCUT2D eigenvalue weighted by Gasteiger charge is -2.28. The van der Waals surface area contributed by atoms with Crippen LogP contribution in [0.3, 0.4) is 0 Å². The van der Waals surface area contributed by atoms with Gasteiger partial charge in [-0.15, -0.1) is 0 Å². The zero-order valence-electron chi connectivity index (χ0n) is 12.9. The molecular formula is C15H31N3O. The van der Waals surface area contributed by atoms with Gasteiger partial charge in [0.05, 0.1) is 6.10 Å². The van der Waals surface area contributed by atoms with Gasteiger partial charge >= 0.3 is 0 Å². The molecule has 3 atom stereocenters. The monoisotopic (exact) mass is 269 g/mol. The van der Waals surface area contributed by atoms with Gasteiger partial charge < -0.3 is 15.0 Å². The van der Waals surface area contributed by atoms with Crippen molar-refractivity contribution < 1.29 is 4.74 Å². The quantitative estimate of drug-likeness (QED) is 0.751. The maximum atomic E-state index is 5.73. The van der Waals surface area contributed by atoms with Crippen LogP contribution in [0.4, 0.5) is 0 Å². The Kier molecular flexibility index (Phi) is 6.07. The Morgan fingerprint density at radius 1 is 1.32 bits per heavy atom. The van der Waals surface area contributed by atoms with E-state index in [-0.39, 0.29) is 0 Å². The van der Waals surface area contributed by atoms with Crippen molar-refractivity contribution in [3.05, 3.63) is 0 Å². The van der Waals surface area contributed by atoms with Crippen LogP contribution in [0.15, 0.2) is 0 Å². The normalized spacial score (nSPS) is 30.3. The fourth-order valence-corrected chi connectivity index (χ4v) is 3.38. The lowest BCUT2D eigenvalue weighted by Crippen LogP contribution is -2.44. The molecule has 1 N–H and O–H groups in total. The van der Waals surface area contributed by atoms with Crippen LogP contribution >= 0.6 is 0 Å². The van der Waals surface area contributed by atoms with E-state index in [1.54, 1.807) is 0 Å². The van der Waals surface area contributed by atoms with Crippen LogP contribution in [-0.4, -0.2) is 74.9 Å². The van der Waals surface area contributed by atoms with Gasteiger partial charge in [0.15, 0.2) is 0 Å². The van der Waals surface area contributed by atoms with Gasteiger partial charge in [-0.2, -0.15) is 0 Å². The van der Waals surface area contributed by atoms with Crippen LogP contribution < -0.4 is 5.32 Å². The highest BCUT2D eigenvalue weighted by Crippen LogP contribution is 2.17. The van der Waals surface area contributed by atoms with Crippen LogP contribution in [-0.2, 0) is 4.74 Å². The summed E-state index contributed by atoms with van der Waals surface area (Å²) >= 11 is 0. The third-order valence-corrected chi connectivity index (χ3v) is 4.46. The van der Waals surface area contributed by atoms with E-state index in [1.807, 2.05) is 0 Å². The average Bonchev–Trinajstić information content (AvgIpc) is 3.00. The lowest BCUT2D eigenvalue weighted by molar-refractivity contribution is 0.0822. The van der Waals surface area contributed by atoms with E-state index in [2.05, 4.69) is 36.1 Å². The number of rotatable bonds is 7. The van der Waals surface area contributed by atoms with Crippen molar-refractivity contribution >= 4 is 0 Å². The van der Waals surface area contributed by atoms with E-state index >= 15 is 0 Å². The van der Waals surface area contributed by atoms with Gasteiger partial charge in [-0.3, -0.25) is 4.90 Å². The van der Waals surface area contributed by atoms with Gasteiger partial charge in [0, 0.05) is 38.3 Å². The van der Waals surface area contributed by atoms with Crippen molar-refractivity contribution in [3.8, 4) is 0 Å². The molecule has 0 amide bonds. The minimum Gasteiger partial charge on any atom is -0.377 e. The Balaban J connectivity index is 1.64. The Hall–Kier alpha value is -0.160. The summed E-state index contributed by atoms with van der Waals surface area (Å²) in [6.07, 6.45) is 5.62. The summed E-state index contributed by atoms with van der Waals surface area (Å²) in [6, 6.07) is 1.26. The number of ether oxygens (including phenoxy) is 1. The zero-order chi connectivity index (χ0) is 13.7. The van der Waals surface area contributed by atoms with Gasteiger partial charge in [-0.25, -0.2) is 0 Å². The number of nitrogens with zero attached hydrogens (tertiary/aromatic N) is 2. The summed E-state index contributed by atoms with van der Waals surface area (Å²) in [5.41, 5.74) is 0. The van der Waals surface area contributed by atoms with Crippen molar-refractivity contribution in [1.29, 1.82) is 0 Å². The molecule has 2 saturated heterocycles. The molecule has 2 aliphatic rings. The molecule has 0 aromatic heterocycles. The fraction of sp³-hybridized carbons (Fsp3) is 1.00. The summed E-state index contributed by atoms with van der Waals surface area (Å²) < 4.78 is 5.73. The fourth-order valence-electron chi connectivity index (χ4n) is 3.38. The van der Waals surface area contributed by atoms with E-state index in [1.165, 1.54) is 45.3 Å². The summed E-state index contributed by atoms with van der Waals surface area (Å²) in [4.78, 5) is 4.96. The topological polar surface area (TPSA) is 27.7 Å². The molecule has 4 heteroatoms. The van der Waals surface area contributed by atoms with E-state index < -0.39 is 0 Å². The first-order valence-corrected chi connectivity index (χ1v) is 7.90. The second-order valence-electron chi connectivity index (χ2n) is 6.39. The molecule has 3 unspecified atom stereocenters.